The molecule has 0 radical (unpaired) electrons. The van der Waals surface area contributed by atoms with Crippen molar-refractivity contribution in [1.29, 1.82) is 0 Å². The molecule has 0 amide bonds. The quantitative estimate of drug-likeness (QED) is 0.720. The van der Waals surface area contributed by atoms with E-state index in [1.807, 2.05) is 18.0 Å². The lowest BCUT2D eigenvalue weighted by Gasteiger charge is -2.17. The Labute approximate surface area is 128 Å². The number of hydrogen-bond acceptors (Lipinski definition) is 5. The number of carbonyl (C=O) groups is 1. The summed E-state index contributed by atoms with van der Waals surface area (Å²) in [7, 11) is 0.232. The van der Waals surface area contributed by atoms with Gasteiger partial charge in [0.2, 0.25) is 0 Å². The fraction of sp³-hybridized carbons (Fsp3) is 0.462. The molecule has 0 aliphatic rings. The Hall–Kier alpha value is -0.920. The summed E-state index contributed by atoms with van der Waals surface area (Å²) < 4.78 is 27.7. The summed E-state index contributed by atoms with van der Waals surface area (Å²) in [5.41, 5.74) is 1.45. The third-order valence-corrected chi connectivity index (χ3v) is 4.42. The van der Waals surface area contributed by atoms with Crippen LogP contribution in [0.3, 0.4) is 0 Å². The number of benzene rings is 1. The molecule has 0 aliphatic carbocycles. The molecule has 1 aromatic carbocycles. The third-order valence-electron chi connectivity index (χ3n) is 2.76. The van der Waals surface area contributed by atoms with Crippen LogP contribution < -0.4 is 0 Å². The van der Waals surface area contributed by atoms with Gasteiger partial charge in [0.05, 0.1) is 18.4 Å². The van der Waals surface area contributed by atoms with Gasteiger partial charge in [-0.05, 0) is 24.7 Å². The first-order valence-corrected chi connectivity index (χ1v) is 8.81. The maximum absolute atomic E-state index is 11.4. The predicted octanol–water partition coefficient (Wildman–Crippen LogP) is 1.71. The van der Waals surface area contributed by atoms with Crippen LogP contribution in [0.5, 0.6) is 0 Å². The topological polar surface area (TPSA) is 63.7 Å². The molecule has 0 atom stereocenters. The lowest BCUT2D eigenvalue weighted by atomic mass is 10.1. The van der Waals surface area contributed by atoms with Crippen molar-refractivity contribution >= 4 is 31.7 Å². The van der Waals surface area contributed by atoms with E-state index in [0.717, 1.165) is 10.0 Å². The molecular weight excluding hydrogens is 346 g/mol. The summed E-state index contributed by atoms with van der Waals surface area (Å²) in [6.45, 7) is 1.06. The van der Waals surface area contributed by atoms with Crippen molar-refractivity contribution in [3.8, 4) is 0 Å². The highest BCUT2D eigenvalue weighted by Gasteiger charge is 2.11. The monoisotopic (exact) mass is 363 g/mol. The van der Waals surface area contributed by atoms with Crippen LogP contribution in [0.4, 0.5) is 0 Å². The molecule has 20 heavy (non-hydrogen) atoms. The fourth-order valence-electron chi connectivity index (χ4n) is 1.61. The molecule has 0 heterocycles. The van der Waals surface area contributed by atoms with E-state index in [1.165, 1.54) is 13.4 Å². The van der Waals surface area contributed by atoms with Crippen LogP contribution in [0.15, 0.2) is 22.7 Å². The average molecular weight is 364 g/mol. The maximum Gasteiger partial charge on any atom is 0.337 e. The average Bonchev–Trinajstić information content (AvgIpc) is 2.37. The first-order chi connectivity index (χ1) is 9.23. The first-order valence-electron chi connectivity index (χ1n) is 5.96. The summed E-state index contributed by atoms with van der Waals surface area (Å²) in [6, 6.07) is 5.22. The minimum absolute atomic E-state index is 0.126. The molecule has 0 saturated heterocycles. The standard InChI is InChI=1S/C13H18BrNO4S/c1-15(6-7-20(3,17)18)9-11-5-4-10(8-12(11)14)13(16)19-2/h4-5,8H,6-7,9H2,1-3H3. The number of esters is 1. The van der Waals surface area contributed by atoms with Crippen molar-refractivity contribution in [2.75, 3.05) is 32.7 Å². The predicted molar refractivity (Wildman–Crippen MR) is 81.5 cm³/mol. The minimum atomic E-state index is -2.96. The van der Waals surface area contributed by atoms with Crippen molar-refractivity contribution in [3.63, 3.8) is 0 Å². The Morgan fingerprint density at radius 1 is 1.40 bits per heavy atom. The maximum atomic E-state index is 11.4. The Morgan fingerprint density at radius 2 is 2.05 bits per heavy atom. The lowest BCUT2D eigenvalue weighted by Crippen LogP contribution is -2.25. The van der Waals surface area contributed by atoms with Gasteiger partial charge < -0.3 is 9.64 Å². The highest BCUT2D eigenvalue weighted by atomic mass is 79.9. The minimum Gasteiger partial charge on any atom is -0.465 e. The number of sulfone groups is 1. The van der Waals surface area contributed by atoms with E-state index in [-0.39, 0.29) is 11.7 Å². The normalized spacial score (nSPS) is 11.7. The van der Waals surface area contributed by atoms with Gasteiger partial charge in [0.15, 0.2) is 0 Å². The molecule has 112 valence electrons. The highest BCUT2D eigenvalue weighted by Crippen LogP contribution is 2.20. The molecule has 0 N–H and O–H groups in total. The summed E-state index contributed by atoms with van der Waals surface area (Å²) >= 11 is 3.41. The lowest BCUT2D eigenvalue weighted by molar-refractivity contribution is 0.0600. The Morgan fingerprint density at radius 3 is 2.55 bits per heavy atom. The van der Waals surface area contributed by atoms with E-state index < -0.39 is 9.84 Å². The van der Waals surface area contributed by atoms with E-state index in [0.29, 0.717) is 18.7 Å². The van der Waals surface area contributed by atoms with Crippen LogP contribution in [0.1, 0.15) is 15.9 Å². The number of rotatable bonds is 6. The summed E-state index contributed by atoms with van der Waals surface area (Å²) in [5.74, 6) is -0.260. The molecule has 1 rings (SSSR count). The second-order valence-electron chi connectivity index (χ2n) is 4.67. The SMILES string of the molecule is COC(=O)c1ccc(CN(C)CCS(C)(=O)=O)c(Br)c1. The van der Waals surface area contributed by atoms with Gasteiger partial charge in [-0.15, -0.1) is 0 Å². The highest BCUT2D eigenvalue weighted by molar-refractivity contribution is 9.10. The molecule has 0 unspecified atom stereocenters. The van der Waals surface area contributed by atoms with Crippen LogP contribution in [-0.2, 0) is 21.1 Å². The number of halogens is 1. The van der Waals surface area contributed by atoms with Gasteiger partial charge in [0.25, 0.3) is 0 Å². The van der Waals surface area contributed by atoms with Crippen molar-refractivity contribution in [1.82, 2.24) is 4.90 Å². The van der Waals surface area contributed by atoms with E-state index in [4.69, 9.17) is 0 Å². The van der Waals surface area contributed by atoms with Crippen LogP contribution in [0.25, 0.3) is 0 Å². The first kappa shape index (κ1) is 17.1. The van der Waals surface area contributed by atoms with Crippen LogP contribution in [-0.4, -0.2) is 52.0 Å². The number of ether oxygens (including phenoxy) is 1. The van der Waals surface area contributed by atoms with E-state index in [2.05, 4.69) is 20.7 Å². The molecule has 0 spiro atoms. The molecule has 0 fully saturated rings. The van der Waals surface area contributed by atoms with E-state index >= 15 is 0 Å². The molecule has 0 aromatic heterocycles. The molecular formula is C13H18BrNO4S. The van der Waals surface area contributed by atoms with Gasteiger partial charge in [0, 0.05) is 23.8 Å². The molecule has 0 saturated carbocycles. The van der Waals surface area contributed by atoms with Crippen molar-refractivity contribution in [2.24, 2.45) is 0 Å². The summed E-state index contributed by atoms with van der Waals surface area (Å²) in [4.78, 5) is 13.3. The fourth-order valence-corrected chi connectivity index (χ4v) is 2.76. The second-order valence-corrected chi connectivity index (χ2v) is 7.78. The largest absolute Gasteiger partial charge is 0.465 e. The summed E-state index contributed by atoms with van der Waals surface area (Å²) in [6.07, 6.45) is 1.22. The van der Waals surface area contributed by atoms with Gasteiger partial charge in [-0.25, -0.2) is 13.2 Å². The van der Waals surface area contributed by atoms with Gasteiger partial charge in [-0.1, -0.05) is 22.0 Å². The summed E-state index contributed by atoms with van der Waals surface area (Å²) in [5, 5.41) is 0. The molecule has 7 heteroatoms. The second kappa shape index (κ2) is 7.19. The molecule has 0 aliphatic heterocycles. The number of methoxy groups -OCH3 is 1. The number of carbonyl (C=O) groups excluding carboxylic acids is 1. The van der Waals surface area contributed by atoms with Crippen molar-refractivity contribution in [2.45, 2.75) is 6.54 Å². The molecule has 5 nitrogen and oxygen atoms in total. The Balaban J connectivity index is 2.71. The van der Waals surface area contributed by atoms with E-state index in [1.54, 1.807) is 12.1 Å². The molecule has 0 bridgehead atoms. The van der Waals surface area contributed by atoms with Crippen LogP contribution >= 0.6 is 15.9 Å². The van der Waals surface area contributed by atoms with E-state index in [9.17, 15) is 13.2 Å². The Bertz CT molecular complexity index is 586. The smallest absolute Gasteiger partial charge is 0.337 e. The van der Waals surface area contributed by atoms with Crippen molar-refractivity contribution in [3.05, 3.63) is 33.8 Å². The van der Waals surface area contributed by atoms with Gasteiger partial charge in [-0.3, -0.25) is 0 Å². The zero-order valence-corrected chi connectivity index (χ0v) is 14.1. The molecule has 1 aromatic rings. The zero-order valence-electron chi connectivity index (χ0n) is 11.7. The van der Waals surface area contributed by atoms with Crippen molar-refractivity contribution < 1.29 is 17.9 Å². The van der Waals surface area contributed by atoms with Gasteiger partial charge >= 0.3 is 5.97 Å². The van der Waals surface area contributed by atoms with Gasteiger partial charge in [0.1, 0.15) is 9.84 Å². The third kappa shape index (κ3) is 5.60. The Kier molecular flexibility index (Phi) is 6.16. The number of nitrogens with zero attached hydrogens (tertiary/aromatic N) is 1. The van der Waals surface area contributed by atoms with Crippen LogP contribution in [0, 0.1) is 0 Å². The number of hydrogen-bond donors (Lipinski definition) is 0. The van der Waals surface area contributed by atoms with Crippen LogP contribution in [0.2, 0.25) is 0 Å². The zero-order chi connectivity index (χ0) is 15.3. The van der Waals surface area contributed by atoms with Gasteiger partial charge in [-0.2, -0.15) is 0 Å².